The summed E-state index contributed by atoms with van der Waals surface area (Å²) >= 11 is 0. The van der Waals surface area contributed by atoms with E-state index in [0.717, 1.165) is 5.82 Å². The molecule has 1 aliphatic heterocycles. The minimum absolute atomic E-state index is 0.0532. The fraction of sp³-hybridized carbons (Fsp3) is 0.467. The zero-order chi connectivity index (χ0) is 16.6. The van der Waals surface area contributed by atoms with Crippen LogP contribution in [-0.2, 0) is 17.4 Å². The summed E-state index contributed by atoms with van der Waals surface area (Å²) < 4.78 is 7.87. The first-order valence-electron chi connectivity index (χ1n) is 7.45. The highest BCUT2D eigenvalue weighted by molar-refractivity contribution is 5.63. The maximum atomic E-state index is 11.3. The van der Waals surface area contributed by atoms with Crippen molar-refractivity contribution in [3.63, 3.8) is 0 Å². The van der Waals surface area contributed by atoms with Crippen molar-refractivity contribution in [2.75, 3.05) is 24.6 Å². The standard InChI is InChI=1S/C15H19N5O3/c1-4-23-15(14-17-7-8-18(14)3)9-19(10-15)13-12(20(21)22)11(2)5-6-16-13/h5-8H,4,9-10H2,1-3H3. The highest BCUT2D eigenvalue weighted by atomic mass is 16.6. The van der Waals surface area contributed by atoms with Gasteiger partial charge < -0.3 is 14.2 Å². The second-order valence-electron chi connectivity index (χ2n) is 5.70. The summed E-state index contributed by atoms with van der Waals surface area (Å²) in [6.07, 6.45) is 5.19. The molecule has 3 rings (SSSR count). The molecule has 8 nitrogen and oxygen atoms in total. The molecule has 0 saturated carbocycles. The molecule has 0 spiro atoms. The van der Waals surface area contributed by atoms with Crippen LogP contribution in [-0.4, -0.2) is 39.2 Å². The first-order valence-corrected chi connectivity index (χ1v) is 7.45. The molecule has 3 heterocycles. The monoisotopic (exact) mass is 317 g/mol. The summed E-state index contributed by atoms with van der Waals surface area (Å²) in [5, 5.41) is 11.3. The molecule has 1 fully saturated rings. The third kappa shape index (κ3) is 2.44. The van der Waals surface area contributed by atoms with E-state index in [2.05, 4.69) is 9.97 Å². The van der Waals surface area contributed by atoms with E-state index < -0.39 is 5.60 Å². The number of aryl methyl sites for hydroxylation is 2. The fourth-order valence-electron chi connectivity index (χ4n) is 3.09. The van der Waals surface area contributed by atoms with Gasteiger partial charge >= 0.3 is 5.69 Å². The number of anilines is 1. The number of hydrogen-bond acceptors (Lipinski definition) is 6. The third-order valence-electron chi connectivity index (χ3n) is 4.13. The van der Waals surface area contributed by atoms with Gasteiger partial charge in [0, 0.05) is 37.8 Å². The van der Waals surface area contributed by atoms with Gasteiger partial charge in [0.2, 0.25) is 5.82 Å². The van der Waals surface area contributed by atoms with Crippen LogP contribution in [0.2, 0.25) is 0 Å². The van der Waals surface area contributed by atoms with Crippen molar-refractivity contribution >= 4 is 11.5 Å². The lowest BCUT2D eigenvalue weighted by Crippen LogP contribution is -2.62. The van der Waals surface area contributed by atoms with Crippen LogP contribution in [0.5, 0.6) is 0 Å². The number of rotatable bonds is 5. The van der Waals surface area contributed by atoms with Gasteiger partial charge in [-0.15, -0.1) is 0 Å². The van der Waals surface area contributed by atoms with Gasteiger partial charge in [0.1, 0.15) is 5.82 Å². The predicted octanol–water partition coefficient (Wildman–Crippen LogP) is 1.78. The second kappa shape index (κ2) is 5.62. The van der Waals surface area contributed by atoms with Gasteiger partial charge in [-0.1, -0.05) is 0 Å². The number of imidazole rings is 1. The van der Waals surface area contributed by atoms with E-state index >= 15 is 0 Å². The van der Waals surface area contributed by atoms with Gasteiger partial charge in [-0.25, -0.2) is 9.97 Å². The van der Waals surface area contributed by atoms with Crippen LogP contribution in [0.3, 0.4) is 0 Å². The molecule has 0 aromatic carbocycles. The quantitative estimate of drug-likeness (QED) is 0.617. The molecule has 8 heteroatoms. The summed E-state index contributed by atoms with van der Waals surface area (Å²) in [5.41, 5.74) is 0.107. The Hall–Kier alpha value is -2.48. The Balaban J connectivity index is 1.92. The molecule has 1 saturated heterocycles. The average Bonchev–Trinajstić information content (AvgIpc) is 2.88. The topological polar surface area (TPSA) is 86.3 Å². The Morgan fingerprint density at radius 3 is 2.70 bits per heavy atom. The first-order chi connectivity index (χ1) is 11.0. The number of ether oxygens (including phenoxy) is 1. The van der Waals surface area contributed by atoms with E-state index in [9.17, 15) is 10.1 Å². The number of nitro groups is 1. The van der Waals surface area contributed by atoms with Gasteiger partial charge in [-0.2, -0.15) is 0 Å². The minimum atomic E-state index is -0.549. The maximum Gasteiger partial charge on any atom is 0.314 e. The third-order valence-corrected chi connectivity index (χ3v) is 4.13. The Morgan fingerprint density at radius 1 is 1.39 bits per heavy atom. The lowest BCUT2D eigenvalue weighted by Gasteiger charge is -2.49. The van der Waals surface area contributed by atoms with Crippen molar-refractivity contribution in [3.8, 4) is 0 Å². The highest BCUT2D eigenvalue weighted by Gasteiger charge is 2.50. The van der Waals surface area contributed by atoms with E-state index in [4.69, 9.17) is 4.74 Å². The molecule has 1 aliphatic rings. The molecule has 0 aliphatic carbocycles. The minimum Gasteiger partial charge on any atom is -0.364 e. The van der Waals surface area contributed by atoms with E-state index in [1.807, 2.05) is 29.6 Å². The zero-order valence-electron chi connectivity index (χ0n) is 13.4. The van der Waals surface area contributed by atoms with E-state index in [-0.39, 0.29) is 10.6 Å². The molecule has 2 aromatic heterocycles. The molecule has 23 heavy (non-hydrogen) atoms. The van der Waals surface area contributed by atoms with E-state index in [1.54, 1.807) is 25.4 Å². The number of hydrogen-bond donors (Lipinski definition) is 0. The zero-order valence-corrected chi connectivity index (χ0v) is 13.4. The lowest BCUT2D eigenvalue weighted by atomic mass is 9.92. The van der Waals surface area contributed by atoms with Crippen LogP contribution in [0, 0.1) is 17.0 Å². The van der Waals surface area contributed by atoms with Crippen molar-refractivity contribution in [1.29, 1.82) is 0 Å². The second-order valence-corrected chi connectivity index (χ2v) is 5.70. The molecular formula is C15H19N5O3. The normalized spacial score (nSPS) is 16.2. The van der Waals surface area contributed by atoms with Crippen LogP contribution in [0.15, 0.2) is 24.7 Å². The molecule has 122 valence electrons. The van der Waals surface area contributed by atoms with Crippen molar-refractivity contribution in [1.82, 2.24) is 14.5 Å². The van der Waals surface area contributed by atoms with Crippen LogP contribution in [0.1, 0.15) is 18.3 Å². The predicted molar refractivity (Wildman–Crippen MR) is 84.4 cm³/mol. The molecule has 0 unspecified atom stereocenters. The summed E-state index contributed by atoms with van der Waals surface area (Å²) in [4.78, 5) is 21.4. The SMILES string of the molecule is CCOC1(c2nccn2C)CN(c2nccc(C)c2[N+](=O)[O-])C1. The smallest absolute Gasteiger partial charge is 0.314 e. The molecule has 0 atom stereocenters. The Morgan fingerprint density at radius 2 is 2.13 bits per heavy atom. The Labute approximate surface area is 133 Å². The van der Waals surface area contributed by atoms with Crippen LogP contribution in [0.4, 0.5) is 11.5 Å². The maximum absolute atomic E-state index is 11.3. The Kier molecular flexibility index (Phi) is 3.77. The number of aromatic nitrogens is 3. The van der Waals surface area contributed by atoms with Crippen molar-refractivity contribution in [2.24, 2.45) is 7.05 Å². The summed E-state index contributed by atoms with van der Waals surface area (Å²) in [5.74, 6) is 1.21. The van der Waals surface area contributed by atoms with Gasteiger partial charge in [0.25, 0.3) is 0 Å². The lowest BCUT2D eigenvalue weighted by molar-refractivity contribution is -0.385. The molecular weight excluding hydrogens is 298 g/mol. The largest absolute Gasteiger partial charge is 0.364 e. The molecule has 0 radical (unpaired) electrons. The summed E-state index contributed by atoms with van der Waals surface area (Å²) in [7, 11) is 1.92. The summed E-state index contributed by atoms with van der Waals surface area (Å²) in [6.45, 7) is 5.17. The van der Waals surface area contributed by atoms with Crippen LogP contribution in [0.25, 0.3) is 0 Å². The van der Waals surface area contributed by atoms with Crippen molar-refractivity contribution in [2.45, 2.75) is 19.4 Å². The molecule has 0 bridgehead atoms. The van der Waals surface area contributed by atoms with Gasteiger partial charge in [0.15, 0.2) is 5.60 Å². The molecule has 0 N–H and O–H groups in total. The van der Waals surface area contributed by atoms with E-state index in [1.165, 1.54) is 0 Å². The van der Waals surface area contributed by atoms with Crippen LogP contribution < -0.4 is 4.90 Å². The van der Waals surface area contributed by atoms with Gasteiger partial charge in [-0.05, 0) is 19.9 Å². The Bertz CT molecular complexity index is 736. The number of pyridine rings is 1. The molecule has 0 amide bonds. The fourth-order valence-corrected chi connectivity index (χ4v) is 3.09. The number of nitrogens with zero attached hydrogens (tertiary/aromatic N) is 5. The first kappa shape index (κ1) is 15.4. The van der Waals surface area contributed by atoms with Crippen molar-refractivity contribution in [3.05, 3.63) is 46.2 Å². The van der Waals surface area contributed by atoms with Crippen LogP contribution >= 0.6 is 0 Å². The van der Waals surface area contributed by atoms with Gasteiger partial charge in [0.05, 0.1) is 18.0 Å². The highest BCUT2D eigenvalue weighted by Crippen LogP contribution is 2.40. The summed E-state index contributed by atoms with van der Waals surface area (Å²) in [6, 6.07) is 1.65. The van der Waals surface area contributed by atoms with Gasteiger partial charge in [-0.3, -0.25) is 10.1 Å². The van der Waals surface area contributed by atoms with E-state index in [0.29, 0.717) is 31.1 Å². The van der Waals surface area contributed by atoms with Crippen molar-refractivity contribution < 1.29 is 9.66 Å². The average molecular weight is 317 g/mol. The molecule has 2 aromatic rings.